The molecule has 3 nitrogen and oxygen atoms in total. The van der Waals surface area contributed by atoms with E-state index in [0.717, 1.165) is 5.56 Å². The van der Waals surface area contributed by atoms with Gasteiger partial charge >= 0.3 is 12.4 Å². The Morgan fingerprint density at radius 3 is 2.03 bits per heavy atom. The molecule has 0 radical (unpaired) electrons. The highest BCUT2D eigenvalue weighted by atomic mass is 19.4. The molecule has 0 aliphatic carbocycles. The molecule has 9 heteroatoms. The van der Waals surface area contributed by atoms with Gasteiger partial charge in [-0.1, -0.05) is 30.3 Å². The molecule has 3 rings (SSSR count). The quantitative estimate of drug-likeness (QED) is 0.633. The van der Waals surface area contributed by atoms with Gasteiger partial charge in [0, 0.05) is 7.05 Å². The number of aliphatic imine (C=N–C) groups is 1. The van der Waals surface area contributed by atoms with Crippen molar-refractivity contribution in [3.63, 3.8) is 0 Å². The van der Waals surface area contributed by atoms with Crippen LogP contribution >= 0.6 is 0 Å². The molecule has 1 aliphatic rings. The smallest absolute Gasteiger partial charge is 0.374 e. The van der Waals surface area contributed by atoms with Crippen LogP contribution in [0, 0.1) is 0 Å². The van der Waals surface area contributed by atoms with Crippen LogP contribution in [0.1, 0.15) is 22.3 Å². The Morgan fingerprint density at radius 1 is 0.966 bits per heavy atom. The average Bonchev–Trinajstić information content (AvgIpc) is 3.03. The van der Waals surface area contributed by atoms with Crippen LogP contribution in [-0.4, -0.2) is 31.4 Å². The second-order valence-electron chi connectivity index (χ2n) is 6.96. The Kier molecular flexibility index (Phi) is 5.62. The standard InChI is InChI=1S/C20H18F6N2O/c1-28-11-18(27-13-28,15-5-3-2-4-6-15)12-29-10-14-7-16(19(21,22)23)9-17(8-14)20(24,25)26/h2-9,13H,10-12H2,1H3/t18-/m1/s1. The summed E-state index contributed by atoms with van der Waals surface area (Å²) >= 11 is 0. The van der Waals surface area contributed by atoms with Gasteiger partial charge in [-0.15, -0.1) is 0 Å². The number of halogens is 6. The lowest BCUT2D eigenvalue weighted by atomic mass is 9.92. The predicted molar refractivity (Wildman–Crippen MR) is 95.3 cm³/mol. The van der Waals surface area contributed by atoms with Gasteiger partial charge in [-0.3, -0.25) is 4.99 Å². The van der Waals surface area contributed by atoms with E-state index in [2.05, 4.69) is 4.99 Å². The van der Waals surface area contributed by atoms with Crippen molar-refractivity contribution in [2.24, 2.45) is 4.99 Å². The van der Waals surface area contributed by atoms with E-state index in [-0.39, 0.29) is 18.2 Å². The molecule has 0 unspecified atom stereocenters. The molecule has 0 N–H and O–H groups in total. The zero-order chi connectivity index (χ0) is 21.3. The SMILES string of the molecule is CN1C=N[C@](COCc2cc(C(F)(F)F)cc(C(F)(F)F)c2)(c2ccccc2)C1. The zero-order valence-corrected chi connectivity index (χ0v) is 15.4. The van der Waals surface area contributed by atoms with E-state index in [1.807, 2.05) is 42.3 Å². The van der Waals surface area contributed by atoms with Crippen LogP contribution in [0.15, 0.2) is 53.5 Å². The van der Waals surface area contributed by atoms with Crippen molar-refractivity contribution in [2.75, 3.05) is 20.2 Å². The normalized spacial score (nSPS) is 19.8. The zero-order valence-electron chi connectivity index (χ0n) is 15.4. The van der Waals surface area contributed by atoms with Gasteiger partial charge in [0.2, 0.25) is 0 Å². The number of likely N-dealkylation sites (N-methyl/N-ethyl adjacent to an activating group) is 1. The lowest BCUT2D eigenvalue weighted by molar-refractivity contribution is -0.143. The molecule has 1 aliphatic heterocycles. The highest BCUT2D eigenvalue weighted by Crippen LogP contribution is 2.37. The van der Waals surface area contributed by atoms with Gasteiger partial charge in [0.15, 0.2) is 0 Å². The molecule has 0 saturated carbocycles. The van der Waals surface area contributed by atoms with E-state index in [1.54, 1.807) is 6.34 Å². The maximum atomic E-state index is 13.0. The highest BCUT2D eigenvalue weighted by Gasteiger charge is 2.38. The highest BCUT2D eigenvalue weighted by molar-refractivity contribution is 5.59. The molecule has 0 spiro atoms. The summed E-state index contributed by atoms with van der Waals surface area (Å²) in [4.78, 5) is 6.31. The van der Waals surface area contributed by atoms with E-state index >= 15 is 0 Å². The number of hydrogen-bond donors (Lipinski definition) is 0. The van der Waals surface area contributed by atoms with Gasteiger partial charge in [-0.25, -0.2) is 0 Å². The van der Waals surface area contributed by atoms with Crippen molar-refractivity contribution >= 4 is 6.34 Å². The largest absolute Gasteiger partial charge is 0.416 e. The van der Waals surface area contributed by atoms with E-state index in [0.29, 0.717) is 18.7 Å². The monoisotopic (exact) mass is 416 g/mol. The molecular weight excluding hydrogens is 398 g/mol. The summed E-state index contributed by atoms with van der Waals surface area (Å²) < 4.78 is 83.5. The first-order valence-electron chi connectivity index (χ1n) is 8.67. The Morgan fingerprint density at radius 2 is 1.55 bits per heavy atom. The molecule has 29 heavy (non-hydrogen) atoms. The Bertz CT molecular complexity index is 847. The van der Waals surface area contributed by atoms with Crippen LogP contribution in [0.2, 0.25) is 0 Å². The molecule has 0 saturated heterocycles. The van der Waals surface area contributed by atoms with Gasteiger partial charge in [0.25, 0.3) is 0 Å². The number of benzene rings is 2. The number of ether oxygens (including phenoxy) is 1. The lowest BCUT2D eigenvalue weighted by Crippen LogP contribution is -2.35. The molecule has 0 fully saturated rings. The third-order valence-corrected chi connectivity index (χ3v) is 4.58. The Hall–Kier alpha value is -2.55. The van der Waals surface area contributed by atoms with Crippen LogP contribution in [0.5, 0.6) is 0 Å². The van der Waals surface area contributed by atoms with Gasteiger partial charge in [-0.2, -0.15) is 26.3 Å². The number of nitrogens with zero attached hydrogens (tertiary/aromatic N) is 2. The van der Waals surface area contributed by atoms with Gasteiger partial charge in [0.05, 0.1) is 37.2 Å². The summed E-state index contributed by atoms with van der Waals surface area (Å²) in [5.41, 5.74) is -2.85. The molecule has 1 heterocycles. The molecular formula is C20H18F6N2O. The second kappa shape index (κ2) is 7.70. The fraction of sp³-hybridized carbons (Fsp3) is 0.350. The van der Waals surface area contributed by atoms with Crippen LogP contribution in [0.4, 0.5) is 26.3 Å². The average molecular weight is 416 g/mol. The van der Waals surface area contributed by atoms with Gasteiger partial charge < -0.3 is 9.64 Å². The van der Waals surface area contributed by atoms with Crippen LogP contribution in [0.25, 0.3) is 0 Å². The van der Waals surface area contributed by atoms with Crippen molar-refractivity contribution in [2.45, 2.75) is 24.5 Å². The maximum Gasteiger partial charge on any atom is 0.416 e. The van der Waals surface area contributed by atoms with E-state index in [9.17, 15) is 26.3 Å². The lowest BCUT2D eigenvalue weighted by Gasteiger charge is -2.27. The fourth-order valence-corrected chi connectivity index (χ4v) is 3.22. The van der Waals surface area contributed by atoms with E-state index in [4.69, 9.17) is 4.74 Å². The Labute approximate surface area is 163 Å². The summed E-state index contributed by atoms with van der Waals surface area (Å²) in [7, 11) is 1.82. The first-order chi connectivity index (χ1) is 13.5. The molecule has 0 amide bonds. The second-order valence-corrected chi connectivity index (χ2v) is 6.96. The number of rotatable bonds is 5. The third-order valence-electron chi connectivity index (χ3n) is 4.58. The minimum atomic E-state index is -4.89. The first-order valence-corrected chi connectivity index (χ1v) is 8.67. The van der Waals surface area contributed by atoms with Gasteiger partial charge in [0.1, 0.15) is 5.54 Å². The third kappa shape index (κ3) is 4.90. The summed E-state index contributed by atoms with van der Waals surface area (Å²) in [5, 5.41) is 0. The van der Waals surface area contributed by atoms with Crippen molar-refractivity contribution in [3.05, 3.63) is 70.8 Å². The van der Waals surface area contributed by atoms with Crippen molar-refractivity contribution in [1.82, 2.24) is 4.90 Å². The van der Waals surface area contributed by atoms with E-state index in [1.165, 1.54) is 0 Å². The molecule has 0 bridgehead atoms. The molecule has 0 aromatic heterocycles. The molecule has 2 aromatic carbocycles. The van der Waals surface area contributed by atoms with Crippen molar-refractivity contribution < 1.29 is 31.1 Å². The summed E-state index contributed by atoms with van der Waals surface area (Å²) in [5.74, 6) is 0. The summed E-state index contributed by atoms with van der Waals surface area (Å²) in [6.07, 6.45) is -8.15. The number of hydrogen-bond acceptors (Lipinski definition) is 3. The molecule has 156 valence electrons. The fourth-order valence-electron chi connectivity index (χ4n) is 3.22. The Balaban J connectivity index is 1.81. The summed E-state index contributed by atoms with van der Waals surface area (Å²) in [6, 6.07) is 10.6. The van der Waals surface area contributed by atoms with E-state index < -0.39 is 35.6 Å². The maximum absolute atomic E-state index is 13.0. The topological polar surface area (TPSA) is 24.8 Å². The van der Waals surface area contributed by atoms with Crippen molar-refractivity contribution in [3.8, 4) is 0 Å². The van der Waals surface area contributed by atoms with Crippen LogP contribution in [-0.2, 0) is 29.2 Å². The van der Waals surface area contributed by atoms with Crippen LogP contribution in [0.3, 0.4) is 0 Å². The molecule has 2 aromatic rings. The van der Waals surface area contributed by atoms with Crippen molar-refractivity contribution in [1.29, 1.82) is 0 Å². The van der Waals surface area contributed by atoms with Crippen LogP contribution < -0.4 is 0 Å². The first kappa shape index (κ1) is 21.2. The summed E-state index contributed by atoms with van der Waals surface area (Å²) in [6.45, 7) is 0.0870. The minimum absolute atomic E-state index is 0.00937. The van der Waals surface area contributed by atoms with Gasteiger partial charge in [-0.05, 0) is 29.3 Å². The molecule has 1 atom stereocenters. The minimum Gasteiger partial charge on any atom is -0.374 e. The predicted octanol–water partition coefficient (Wildman–Crippen LogP) is 5.11. The number of alkyl halides is 6.